The van der Waals surface area contributed by atoms with Gasteiger partial charge in [0.1, 0.15) is 0 Å². The molecule has 1 atom stereocenters. The Morgan fingerprint density at radius 1 is 1.28 bits per heavy atom. The third-order valence-electron chi connectivity index (χ3n) is 4.83. The van der Waals surface area contributed by atoms with Crippen molar-refractivity contribution in [2.24, 2.45) is 0 Å². The molecule has 0 spiro atoms. The summed E-state index contributed by atoms with van der Waals surface area (Å²) in [6, 6.07) is 15.3. The van der Waals surface area contributed by atoms with Crippen LogP contribution in [0.3, 0.4) is 0 Å². The number of nitrogens with one attached hydrogen (secondary N) is 1. The van der Waals surface area contributed by atoms with Crippen LogP contribution in [0.25, 0.3) is 11.3 Å². The van der Waals surface area contributed by atoms with Gasteiger partial charge in [-0.25, -0.2) is 4.90 Å². The van der Waals surface area contributed by atoms with Crippen molar-refractivity contribution in [3.05, 3.63) is 68.9 Å². The van der Waals surface area contributed by atoms with Gasteiger partial charge in [0, 0.05) is 21.6 Å². The molecule has 6 nitrogen and oxygen atoms in total. The van der Waals surface area contributed by atoms with Gasteiger partial charge in [0.2, 0.25) is 11.1 Å². The van der Waals surface area contributed by atoms with Gasteiger partial charge in [0.05, 0.1) is 11.3 Å². The van der Waals surface area contributed by atoms with Gasteiger partial charge < -0.3 is 0 Å². The third kappa shape index (κ3) is 3.51. The SMILES string of the molecule is CCCC(=O)N1c2ccccc2-c2c(=O)[nH]c(SC)n[n+]2C1c1cccc(Br)c1. The highest BCUT2D eigenvalue weighted by Crippen LogP contribution is 2.38. The van der Waals surface area contributed by atoms with Crippen LogP contribution in [0.15, 0.2) is 63.0 Å². The molecule has 1 amide bonds. The van der Waals surface area contributed by atoms with Crippen LogP contribution in [0, 0.1) is 0 Å². The summed E-state index contributed by atoms with van der Waals surface area (Å²) in [7, 11) is 0. The Morgan fingerprint density at radius 2 is 2.07 bits per heavy atom. The standard InChI is InChI=1S/C21H19BrN4O2S/c1-3-7-17(27)25-16-11-5-4-10-15(16)18-19(28)23-21(29-2)24-26(18)20(25)13-8-6-9-14(22)12-13/h4-6,8-12,20H,3,7H2,1-2H3/p+1. The molecule has 148 valence electrons. The van der Waals surface area contributed by atoms with Gasteiger partial charge in [0.15, 0.2) is 0 Å². The summed E-state index contributed by atoms with van der Waals surface area (Å²) in [6.07, 6.45) is 2.45. The van der Waals surface area contributed by atoms with Crippen molar-refractivity contribution in [2.75, 3.05) is 11.2 Å². The number of para-hydroxylation sites is 1. The molecule has 1 aliphatic rings. The minimum Gasteiger partial charge on any atom is -0.291 e. The molecule has 0 saturated carbocycles. The summed E-state index contributed by atoms with van der Waals surface area (Å²) in [5.74, 6) is -0.00383. The molecule has 0 bridgehead atoms. The Balaban J connectivity index is 2.07. The Kier molecular flexibility index (Phi) is 5.56. The number of nitrogens with zero attached hydrogens (tertiary/aromatic N) is 3. The summed E-state index contributed by atoms with van der Waals surface area (Å²) in [5, 5.41) is 5.19. The van der Waals surface area contributed by atoms with E-state index in [1.165, 1.54) is 11.8 Å². The van der Waals surface area contributed by atoms with Gasteiger partial charge in [-0.3, -0.25) is 14.6 Å². The fraction of sp³-hybridized carbons (Fsp3) is 0.238. The van der Waals surface area contributed by atoms with Crippen LogP contribution < -0.4 is 15.1 Å². The lowest BCUT2D eigenvalue weighted by molar-refractivity contribution is -0.763. The molecule has 2 aromatic carbocycles. The normalized spacial score (nSPS) is 15.0. The summed E-state index contributed by atoms with van der Waals surface area (Å²) >= 11 is 4.88. The van der Waals surface area contributed by atoms with E-state index in [2.05, 4.69) is 26.0 Å². The first-order valence-corrected chi connectivity index (χ1v) is 11.3. The van der Waals surface area contributed by atoms with Crippen molar-refractivity contribution in [2.45, 2.75) is 31.1 Å². The van der Waals surface area contributed by atoms with Gasteiger partial charge in [-0.05, 0) is 41.6 Å². The average Bonchev–Trinajstić information content (AvgIpc) is 2.72. The fourth-order valence-corrected chi connectivity index (χ4v) is 4.42. The van der Waals surface area contributed by atoms with Crippen molar-refractivity contribution in [1.82, 2.24) is 10.1 Å². The van der Waals surface area contributed by atoms with Crippen molar-refractivity contribution < 1.29 is 9.48 Å². The molecule has 0 fully saturated rings. The number of halogens is 1. The van der Waals surface area contributed by atoms with E-state index in [-0.39, 0.29) is 11.5 Å². The summed E-state index contributed by atoms with van der Waals surface area (Å²) < 4.78 is 2.58. The largest absolute Gasteiger partial charge is 0.325 e. The molecule has 1 N–H and O–H groups in total. The molecule has 4 rings (SSSR count). The number of thioether (sulfide) groups is 1. The molecular formula is C21H20BrN4O2S+. The molecule has 0 radical (unpaired) electrons. The number of hydrogen-bond acceptors (Lipinski definition) is 4. The Bertz CT molecular complexity index is 1150. The number of H-pyrrole nitrogens is 1. The molecule has 29 heavy (non-hydrogen) atoms. The van der Waals surface area contributed by atoms with Crippen LogP contribution in [0.4, 0.5) is 5.69 Å². The fourth-order valence-electron chi connectivity index (χ4n) is 3.64. The molecule has 0 aliphatic carbocycles. The van der Waals surface area contributed by atoms with Gasteiger partial charge >= 0.3 is 11.3 Å². The van der Waals surface area contributed by atoms with E-state index in [1.807, 2.05) is 61.7 Å². The number of hydrogen-bond donors (Lipinski definition) is 1. The molecule has 8 heteroatoms. The maximum Gasteiger partial charge on any atom is 0.325 e. The van der Waals surface area contributed by atoms with Crippen molar-refractivity contribution in [1.29, 1.82) is 0 Å². The van der Waals surface area contributed by atoms with Crippen LogP contribution in [0.1, 0.15) is 31.5 Å². The second kappa shape index (κ2) is 8.12. The zero-order valence-electron chi connectivity index (χ0n) is 16.1. The maximum atomic E-state index is 13.3. The van der Waals surface area contributed by atoms with E-state index in [0.29, 0.717) is 22.8 Å². The van der Waals surface area contributed by atoms with Crippen LogP contribution in [-0.4, -0.2) is 22.2 Å². The molecule has 1 aromatic heterocycles. The smallest absolute Gasteiger partial charge is 0.291 e. The number of fused-ring (bicyclic) bond motifs is 3. The molecular weight excluding hydrogens is 452 g/mol. The quantitative estimate of drug-likeness (QED) is 0.462. The molecule has 3 aromatic rings. The van der Waals surface area contributed by atoms with Crippen molar-refractivity contribution in [3.63, 3.8) is 0 Å². The van der Waals surface area contributed by atoms with E-state index >= 15 is 0 Å². The van der Waals surface area contributed by atoms with Gasteiger partial charge in [-0.15, -0.1) is 0 Å². The zero-order valence-corrected chi connectivity index (χ0v) is 18.5. The predicted molar refractivity (Wildman–Crippen MR) is 117 cm³/mol. The van der Waals surface area contributed by atoms with Gasteiger partial charge in [-0.2, -0.15) is 0 Å². The summed E-state index contributed by atoms with van der Waals surface area (Å²) in [6.45, 7) is 1.98. The Morgan fingerprint density at radius 3 is 2.79 bits per heavy atom. The topological polar surface area (TPSA) is 69.9 Å². The zero-order chi connectivity index (χ0) is 20.5. The number of benzene rings is 2. The van der Waals surface area contributed by atoms with Crippen molar-refractivity contribution >= 4 is 39.3 Å². The second-order valence-electron chi connectivity index (χ2n) is 6.72. The van der Waals surface area contributed by atoms with Crippen LogP contribution in [-0.2, 0) is 4.79 Å². The number of rotatable bonds is 4. The van der Waals surface area contributed by atoms with Crippen LogP contribution in [0.5, 0.6) is 0 Å². The first kappa shape index (κ1) is 19.8. The highest BCUT2D eigenvalue weighted by Gasteiger charge is 2.45. The first-order valence-electron chi connectivity index (χ1n) is 9.32. The van der Waals surface area contributed by atoms with Gasteiger partial charge in [0.25, 0.3) is 6.17 Å². The van der Waals surface area contributed by atoms with E-state index in [1.54, 1.807) is 9.58 Å². The number of aromatic nitrogens is 3. The van der Waals surface area contributed by atoms with E-state index < -0.39 is 6.17 Å². The third-order valence-corrected chi connectivity index (χ3v) is 5.89. The molecule has 2 heterocycles. The number of anilines is 1. The number of carbonyl (C=O) groups excluding carboxylic acids is 1. The van der Waals surface area contributed by atoms with Gasteiger partial charge in [-0.1, -0.05) is 58.9 Å². The number of aromatic amines is 1. The maximum absolute atomic E-state index is 13.3. The van der Waals surface area contributed by atoms with Crippen LogP contribution >= 0.6 is 27.7 Å². The average molecular weight is 472 g/mol. The van der Waals surface area contributed by atoms with Crippen molar-refractivity contribution in [3.8, 4) is 11.3 Å². The number of carbonyl (C=O) groups is 1. The second-order valence-corrected chi connectivity index (χ2v) is 8.43. The first-order chi connectivity index (χ1) is 14.0. The minimum atomic E-state index is -0.551. The Labute approximate surface area is 181 Å². The highest BCUT2D eigenvalue weighted by atomic mass is 79.9. The summed E-state index contributed by atoms with van der Waals surface area (Å²) in [4.78, 5) is 30.9. The van der Waals surface area contributed by atoms with E-state index in [4.69, 9.17) is 0 Å². The monoisotopic (exact) mass is 471 g/mol. The highest BCUT2D eigenvalue weighted by molar-refractivity contribution is 9.10. The lowest BCUT2D eigenvalue weighted by Gasteiger charge is -2.32. The number of amides is 1. The van der Waals surface area contributed by atoms with E-state index in [9.17, 15) is 9.59 Å². The lowest BCUT2D eigenvalue weighted by Crippen LogP contribution is -2.60. The molecule has 1 unspecified atom stereocenters. The van der Waals surface area contributed by atoms with E-state index in [0.717, 1.165) is 22.1 Å². The Hall–Kier alpha value is -2.45. The predicted octanol–water partition coefficient (Wildman–Crippen LogP) is 3.90. The minimum absolute atomic E-state index is 0.00383. The lowest BCUT2D eigenvalue weighted by atomic mass is 10.0. The summed E-state index contributed by atoms with van der Waals surface area (Å²) in [5.41, 5.74) is 2.52. The molecule has 1 aliphatic heterocycles. The molecule has 0 saturated heterocycles. The van der Waals surface area contributed by atoms with Crippen LogP contribution in [0.2, 0.25) is 0 Å².